The van der Waals surface area contributed by atoms with E-state index in [9.17, 15) is 19.2 Å². The van der Waals surface area contributed by atoms with Gasteiger partial charge in [-0.1, -0.05) is 29.8 Å². The average molecular weight is 483 g/mol. The average Bonchev–Trinajstić information content (AvgIpc) is 3.35. The number of ether oxygens (including phenoxy) is 1. The first-order valence-corrected chi connectivity index (χ1v) is 11.2. The van der Waals surface area contributed by atoms with Crippen molar-refractivity contribution in [1.82, 2.24) is 10.2 Å². The smallest absolute Gasteiger partial charge is 0.250 e. The fourth-order valence-electron chi connectivity index (χ4n) is 5.51. The van der Waals surface area contributed by atoms with Gasteiger partial charge in [0.25, 0.3) is 0 Å². The number of benzene rings is 2. The predicted molar refractivity (Wildman–Crippen MR) is 123 cm³/mol. The van der Waals surface area contributed by atoms with Crippen LogP contribution >= 0.6 is 11.6 Å². The standard InChI is InChI=1S/C24H23ClN4O5/c1-11-7-14-20(15(25)8-11)27-23(33)24(14)19-18(16(28-24)9-17(26)30)21(31)29(22(19)32)10-12-3-5-13(34-2)6-4-12/h3-8,16,18-19,28H,9-10H2,1-2H3,(H2,26,30)(H,27,33)/t16-,18-,19-,24-/m0/s1. The number of fused-ring (bicyclic) bond motifs is 4. The summed E-state index contributed by atoms with van der Waals surface area (Å²) in [4.78, 5) is 53.7. The summed E-state index contributed by atoms with van der Waals surface area (Å²) < 4.78 is 5.17. The molecule has 176 valence electrons. The van der Waals surface area contributed by atoms with Gasteiger partial charge in [-0.2, -0.15) is 0 Å². The molecule has 0 unspecified atom stereocenters. The summed E-state index contributed by atoms with van der Waals surface area (Å²) in [7, 11) is 1.55. The van der Waals surface area contributed by atoms with Crippen LogP contribution in [0.15, 0.2) is 36.4 Å². The number of nitrogens with two attached hydrogens (primary N) is 1. The molecule has 1 spiro atoms. The molecule has 2 aromatic rings. The van der Waals surface area contributed by atoms with Crippen LogP contribution in [-0.4, -0.2) is 41.7 Å². The third-order valence-corrected chi connectivity index (χ3v) is 7.23. The number of imide groups is 1. The van der Waals surface area contributed by atoms with E-state index in [0.29, 0.717) is 22.0 Å². The van der Waals surface area contributed by atoms with Crippen molar-refractivity contribution in [3.63, 3.8) is 0 Å². The van der Waals surface area contributed by atoms with E-state index in [1.165, 1.54) is 0 Å². The van der Waals surface area contributed by atoms with Gasteiger partial charge in [0, 0.05) is 18.0 Å². The minimum Gasteiger partial charge on any atom is -0.497 e. The van der Waals surface area contributed by atoms with E-state index in [4.69, 9.17) is 22.1 Å². The molecule has 34 heavy (non-hydrogen) atoms. The zero-order valence-corrected chi connectivity index (χ0v) is 19.3. The number of amides is 4. The lowest BCUT2D eigenvalue weighted by Gasteiger charge is -2.29. The second-order valence-electron chi connectivity index (χ2n) is 8.97. The molecule has 0 radical (unpaired) electrons. The summed E-state index contributed by atoms with van der Waals surface area (Å²) in [5.41, 5.74) is 6.35. The van der Waals surface area contributed by atoms with Gasteiger partial charge in [-0.05, 0) is 36.2 Å². The van der Waals surface area contributed by atoms with Crippen molar-refractivity contribution in [2.24, 2.45) is 17.6 Å². The van der Waals surface area contributed by atoms with Crippen LogP contribution in [0, 0.1) is 18.8 Å². The number of nitrogens with zero attached hydrogens (tertiary/aromatic N) is 1. The molecule has 2 fully saturated rings. The first-order valence-electron chi connectivity index (χ1n) is 10.8. The molecule has 3 aliphatic heterocycles. The number of methoxy groups -OCH3 is 1. The Morgan fingerprint density at radius 2 is 1.88 bits per heavy atom. The molecule has 9 nitrogen and oxygen atoms in total. The number of carbonyl (C=O) groups excluding carboxylic acids is 4. The molecule has 4 N–H and O–H groups in total. The minimum atomic E-state index is -1.53. The molecular weight excluding hydrogens is 460 g/mol. The number of rotatable bonds is 5. The molecular formula is C24H23ClN4O5. The second-order valence-corrected chi connectivity index (χ2v) is 9.37. The summed E-state index contributed by atoms with van der Waals surface area (Å²) in [6.07, 6.45) is -0.194. The highest BCUT2D eigenvalue weighted by molar-refractivity contribution is 6.35. The van der Waals surface area contributed by atoms with E-state index in [-0.39, 0.29) is 13.0 Å². The summed E-state index contributed by atoms with van der Waals surface area (Å²) in [6.45, 7) is 1.87. The first-order chi connectivity index (χ1) is 16.2. The second kappa shape index (κ2) is 7.82. The normalized spacial score (nSPS) is 27.2. The zero-order chi connectivity index (χ0) is 24.4. The Hall–Kier alpha value is -3.43. The Morgan fingerprint density at radius 1 is 1.18 bits per heavy atom. The molecule has 4 atom stereocenters. The number of primary amides is 1. The lowest BCUT2D eigenvalue weighted by molar-refractivity contribution is -0.143. The van der Waals surface area contributed by atoms with Crippen molar-refractivity contribution >= 4 is 40.9 Å². The van der Waals surface area contributed by atoms with Gasteiger partial charge in [-0.3, -0.25) is 29.4 Å². The fourth-order valence-corrected chi connectivity index (χ4v) is 5.84. The topological polar surface area (TPSA) is 131 Å². The van der Waals surface area contributed by atoms with Crippen LogP contribution in [0.3, 0.4) is 0 Å². The molecule has 3 heterocycles. The maximum Gasteiger partial charge on any atom is 0.250 e. The van der Waals surface area contributed by atoms with Crippen LogP contribution in [0.2, 0.25) is 5.02 Å². The van der Waals surface area contributed by atoms with Gasteiger partial charge < -0.3 is 15.8 Å². The van der Waals surface area contributed by atoms with Gasteiger partial charge in [-0.15, -0.1) is 0 Å². The van der Waals surface area contributed by atoms with E-state index >= 15 is 0 Å². The Labute approximate surface area is 200 Å². The summed E-state index contributed by atoms with van der Waals surface area (Å²) in [5.74, 6) is -3.35. The number of likely N-dealkylation sites (tertiary alicyclic amines) is 1. The molecule has 0 bridgehead atoms. The highest BCUT2D eigenvalue weighted by Crippen LogP contribution is 2.54. The quantitative estimate of drug-likeness (QED) is 0.553. The van der Waals surface area contributed by atoms with E-state index in [1.807, 2.05) is 6.92 Å². The van der Waals surface area contributed by atoms with Crippen molar-refractivity contribution in [2.45, 2.75) is 31.5 Å². The summed E-state index contributed by atoms with van der Waals surface area (Å²) in [6, 6.07) is 9.73. The van der Waals surface area contributed by atoms with Gasteiger partial charge in [0.05, 0.1) is 36.2 Å². The maximum absolute atomic E-state index is 13.8. The van der Waals surface area contributed by atoms with E-state index < -0.39 is 47.0 Å². The van der Waals surface area contributed by atoms with Crippen molar-refractivity contribution < 1.29 is 23.9 Å². The Balaban J connectivity index is 1.59. The third kappa shape index (κ3) is 3.11. The molecule has 2 aromatic carbocycles. The van der Waals surface area contributed by atoms with Crippen LogP contribution in [-0.2, 0) is 31.3 Å². The SMILES string of the molecule is COc1ccc(CN2C(=O)[C@H]3[C@H](CC(N)=O)N[C@]4(C(=O)Nc5c(Cl)cc(C)cc54)[C@@H]3C2=O)cc1. The van der Waals surface area contributed by atoms with Crippen LogP contribution in [0.25, 0.3) is 0 Å². The molecule has 0 aliphatic carbocycles. The molecule has 3 aliphatic rings. The van der Waals surface area contributed by atoms with Crippen LogP contribution in [0.4, 0.5) is 5.69 Å². The highest BCUT2D eigenvalue weighted by Gasteiger charge is 2.70. The summed E-state index contributed by atoms with van der Waals surface area (Å²) >= 11 is 6.40. The van der Waals surface area contributed by atoms with Gasteiger partial charge in [0.15, 0.2) is 0 Å². The Kier molecular flexibility index (Phi) is 5.14. The number of anilines is 1. The van der Waals surface area contributed by atoms with E-state index in [1.54, 1.807) is 43.5 Å². The largest absolute Gasteiger partial charge is 0.497 e. The van der Waals surface area contributed by atoms with E-state index in [2.05, 4.69) is 10.6 Å². The number of hydrogen-bond donors (Lipinski definition) is 3. The highest BCUT2D eigenvalue weighted by atomic mass is 35.5. The summed E-state index contributed by atoms with van der Waals surface area (Å²) in [5, 5.41) is 6.28. The van der Waals surface area contributed by atoms with Crippen molar-refractivity contribution in [2.75, 3.05) is 12.4 Å². The van der Waals surface area contributed by atoms with Crippen LogP contribution in [0.5, 0.6) is 5.75 Å². The molecule has 4 amide bonds. The number of halogens is 1. The van der Waals surface area contributed by atoms with Crippen molar-refractivity contribution in [3.8, 4) is 5.75 Å². The lowest BCUT2D eigenvalue weighted by Crippen LogP contribution is -2.53. The Bertz CT molecular complexity index is 1250. The Morgan fingerprint density at radius 3 is 2.53 bits per heavy atom. The van der Waals surface area contributed by atoms with Crippen molar-refractivity contribution in [1.29, 1.82) is 0 Å². The number of carbonyl (C=O) groups is 4. The minimum absolute atomic E-state index is 0.0388. The van der Waals surface area contributed by atoms with E-state index in [0.717, 1.165) is 16.0 Å². The predicted octanol–water partition coefficient (Wildman–Crippen LogP) is 1.45. The molecule has 0 aromatic heterocycles. The monoisotopic (exact) mass is 482 g/mol. The fraction of sp³-hybridized carbons (Fsp3) is 0.333. The first kappa shape index (κ1) is 22.4. The lowest BCUT2D eigenvalue weighted by atomic mass is 9.76. The number of nitrogens with one attached hydrogen (secondary N) is 2. The maximum atomic E-state index is 13.8. The zero-order valence-electron chi connectivity index (χ0n) is 18.6. The van der Waals surface area contributed by atoms with Crippen LogP contribution < -0.4 is 21.1 Å². The third-order valence-electron chi connectivity index (χ3n) is 6.93. The number of aryl methyl sites for hydroxylation is 1. The molecule has 10 heteroatoms. The van der Waals surface area contributed by atoms with Gasteiger partial charge in [0.1, 0.15) is 11.3 Å². The van der Waals surface area contributed by atoms with Gasteiger partial charge in [-0.25, -0.2) is 0 Å². The van der Waals surface area contributed by atoms with Crippen LogP contribution in [0.1, 0.15) is 23.1 Å². The van der Waals surface area contributed by atoms with Crippen molar-refractivity contribution in [3.05, 3.63) is 58.1 Å². The molecule has 0 saturated carbocycles. The number of hydrogen-bond acceptors (Lipinski definition) is 6. The van der Waals surface area contributed by atoms with Gasteiger partial charge >= 0.3 is 0 Å². The molecule has 5 rings (SSSR count). The van der Waals surface area contributed by atoms with Gasteiger partial charge in [0.2, 0.25) is 23.6 Å². The molecule has 2 saturated heterocycles.